The molecule has 1 atom stereocenters. The number of esters is 1. The number of fused-ring (bicyclic) bond motifs is 1. The molecule has 2 amide bonds. The second-order valence-electron chi connectivity index (χ2n) is 7.93. The summed E-state index contributed by atoms with van der Waals surface area (Å²) in [6.07, 6.45) is -3.66. The Balaban J connectivity index is 1.54. The Kier molecular flexibility index (Phi) is 7.06. The summed E-state index contributed by atoms with van der Waals surface area (Å²) in [6, 6.07) is 10.4. The Labute approximate surface area is 204 Å². The van der Waals surface area contributed by atoms with E-state index in [0.717, 1.165) is 35.5 Å². The molecule has 4 rings (SSSR count). The first-order chi connectivity index (χ1) is 16.7. The minimum Gasteiger partial charge on any atom is -0.466 e. The maximum absolute atomic E-state index is 13.2. The number of methoxy groups -OCH3 is 1. The average Bonchev–Trinajstić information content (AvgIpc) is 2.83. The van der Waals surface area contributed by atoms with Crippen LogP contribution >= 0.6 is 11.8 Å². The fourth-order valence-electron chi connectivity index (χ4n) is 4.06. The normalized spacial score (nSPS) is 17.9. The third-order valence-corrected chi connectivity index (χ3v) is 6.71. The van der Waals surface area contributed by atoms with E-state index in [9.17, 15) is 22.8 Å². The lowest BCUT2D eigenvalue weighted by Crippen LogP contribution is -2.42. The van der Waals surface area contributed by atoms with Crippen molar-refractivity contribution in [3.05, 3.63) is 70.9 Å². The zero-order chi connectivity index (χ0) is 25.2. The van der Waals surface area contributed by atoms with Crippen LogP contribution in [0.15, 0.2) is 64.8 Å². The van der Waals surface area contributed by atoms with Gasteiger partial charge in [-0.05, 0) is 43.2 Å². The molecule has 35 heavy (non-hydrogen) atoms. The Morgan fingerprint density at radius 2 is 1.83 bits per heavy atom. The average molecular weight is 505 g/mol. The largest absolute Gasteiger partial charge is 0.466 e. The summed E-state index contributed by atoms with van der Waals surface area (Å²) in [7, 11) is 1.33. The molecular formula is C24H23F3N4O3S. The molecule has 2 aliphatic heterocycles. The maximum Gasteiger partial charge on any atom is 0.418 e. The van der Waals surface area contributed by atoms with Crippen molar-refractivity contribution in [2.75, 3.05) is 30.0 Å². The van der Waals surface area contributed by atoms with Gasteiger partial charge in [0.05, 0.1) is 35.7 Å². The van der Waals surface area contributed by atoms with E-state index >= 15 is 0 Å². The number of carbonyl (C=O) groups is 2. The summed E-state index contributed by atoms with van der Waals surface area (Å²) in [6.45, 7) is 2.50. The number of thioether (sulfide) groups is 1. The number of alkyl halides is 3. The van der Waals surface area contributed by atoms with E-state index in [1.807, 2.05) is 0 Å². The Morgan fingerprint density at radius 3 is 2.51 bits per heavy atom. The highest BCUT2D eigenvalue weighted by molar-refractivity contribution is 8.13. The number of para-hydroxylation sites is 1. The van der Waals surface area contributed by atoms with E-state index < -0.39 is 29.8 Å². The fourth-order valence-corrected chi connectivity index (χ4v) is 5.08. The lowest BCUT2D eigenvalue weighted by atomic mass is 9.94. The van der Waals surface area contributed by atoms with Gasteiger partial charge in [0.25, 0.3) is 0 Å². The minimum absolute atomic E-state index is 0.339. The van der Waals surface area contributed by atoms with Crippen LogP contribution in [0.1, 0.15) is 30.5 Å². The van der Waals surface area contributed by atoms with E-state index in [0.29, 0.717) is 17.0 Å². The zero-order valence-corrected chi connectivity index (χ0v) is 19.8. The van der Waals surface area contributed by atoms with Gasteiger partial charge in [0.15, 0.2) is 5.17 Å². The SMILES string of the molecule is COC(=O)C1=C(C)N=C2SCCCN2C1c1ccc(NC(=O)Nc2ccccc2C(F)(F)F)cc1. The Hall–Kier alpha value is -3.47. The van der Waals surface area contributed by atoms with Gasteiger partial charge in [-0.1, -0.05) is 36.0 Å². The van der Waals surface area contributed by atoms with Gasteiger partial charge in [-0.2, -0.15) is 13.2 Å². The number of urea groups is 1. The van der Waals surface area contributed by atoms with Crippen molar-refractivity contribution in [2.24, 2.45) is 4.99 Å². The van der Waals surface area contributed by atoms with Gasteiger partial charge < -0.3 is 20.3 Å². The van der Waals surface area contributed by atoms with Crippen molar-refractivity contribution in [1.29, 1.82) is 0 Å². The van der Waals surface area contributed by atoms with E-state index in [1.54, 1.807) is 43.0 Å². The van der Waals surface area contributed by atoms with Crippen LogP contribution in [0.3, 0.4) is 0 Å². The molecule has 0 saturated carbocycles. The molecule has 2 aromatic carbocycles. The van der Waals surface area contributed by atoms with E-state index in [1.165, 1.54) is 25.3 Å². The molecule has 1 saturated heterocycles. The third kappa shape index (κ3) is 5.29. The van der Waals surface area contributed by atoms with Crippen LogP contribution in [0, 0.1) is 0 Å². The molecule has 0 aromatic heterocycles. The van der Waals surface area contributed by atoms with Crippen molar-refractivity contribution in [2.45, 2.75) is 25.6 Å². The lowest BCUT2D eigenvalue weighted by Gasteiger charge is -2.40. The molecule has 2 aliphatic rings. The third-order valence-electron chi connectivity index (χ3n) is 5.63. The highest BCUT2D eigenvalue weighted by Crippen LogP contribution is 2.40. The number of ether oxygens (including phenoxy) is 1. The van der Waals surface area contributed by atoms with Crippen molar-refractivity contribution in [3.63, 3.8) is 0 Å². The Bertz CT molecular complexity index is 1200. The molecule has 1 fully saturated rings. The number of hydrogen-bond acceptors (Lipinski definition) is 6. The number of amidine groups is 1. The fraction of sp³-hybridized carbons (Fsp3) is 0.292. The van der Waals surface area contributed by atoms with Gasteiger partial charge in [0, 0.05) is 18.0 Å². The van der Waals surface area contributed by atoms with Crippen LogP contribution in [0.2, 0.25) is 0 Å². The van der Waals surface area contributed by atoms with Crippen molar-refractivity contribution >= 4 is 40.3 Å². The smallest absolute Gasteiger partial charge is 0.418 e. The van der Waals surface area contributed by atoms with Gasteiger partial charge in [-0.15, -0.1) is 0 Å². The molecule has 1 unspecified atom stereocenters. The summed E-state index contributed by atoms with van der Waals surface area (Å²) in [5.41, 5.74) is 0.946. The molecule has 2 aromatic rings. The van der Waals surface area contributed by atoms with E-state index in [2.05, 4.69) is 20.5 Å². The predicted octanol–water partition coefficient (Wildman–Crippen LogP) is 5.65. The number of anilines is 2. The number of carbonyl (C=O) groups excluding carboxylic acids is 2. The van der Waals surface area contributed by atoms with Gasteiger partial charge in [0.1, 0.15) is 0 Å². The van der Waals surface area contributed by atoms with Crippen LogP contribution in [0.25, 0.3) is 0 Å². The number of rotatable bonds is 4. The molecule has 11 heteroatoms. The quantitative estimate of drug-likeness (QED) is 0.526. The van der Waals surface area contributed by atoms with Crippen LogP contribution in [-0.2, 0) is 15.7 Å². The van der Waals surface area contributed by atoms with Crippen molar-refractivity contribution in [3.8, 4) is 0 Å². The summed E-state index contributed by atoms with van der Waals surface area (Å²) in [5, 5.41) is 5.64. The number of amides is 2. The first-order valence-electron chi connectivity index (χ1n) is 10.8. The van der Waals surface area contributed by atoms with Crippen LogP contribution in [0.4, 0.5) is 29.3 Å². The minimum atomic E-state index is -4.59. The highest BCUT2D eigenvalue weighted by atomic mass is 32.2. The Morgan fingerprint density at radius 1 is 1.11 bits per heavy atom. The number of hydrogen-bond donors (Lipinski definition) is 2. The van der Waals surface area contributed by atoms with Gasteiger partial charge in [-0.25, -0.2) is 14.6 Å². The second-order valence-corrected chi connectivity index (χ2v) is 8.99. The molecule has 184 valence electrons. The first kappa shape index (κ1) is 24.6. The second kappa shape index (κ2) is 10.0. The highest BCUT2D eigenvalue weighted by Gasteiger charge is 2.37. The molecule has 2 N–H and O–H groups in total. The lowest BCUT2D eigenvalue weighted by molar-refractivity contribution is -0.137. The van der Waals surface area contributed by atoms with Crippen LogP contribution in [-0.4, -0.2) is 41.5 Å². The predicted molar refractivity (Wildman–Crippen MR) is 129 cm³/mol. The molecule has 0 spiro atoms. The number of allylic oxidation sites excluding steroid dienone is 1. The molecule has 0 aliphatic carbocycles. The summed E-state index contributed by atoms with van der Waals surface area (Å²) in [4.78, 5) is 31.6. The molecule has 2 heterocycles. The van der Waals surface area contributed by atoms with Gasteiger partial charge in [0.2, 0.25) is 0 Å². The van der Waals surface area contributed by atoms with E-state index in [4.69, 9.17) is 4.74 Å². The number of aliphatic imine (C=N–C) groups is 1. The van der Waals surface area contributed by atoms with Gasteiger partial charge >= 0.3 is 18.2 Å². The number of benzene rings is 2. The standard InChI is InChI=1S/C24H23F3N4O3S/c1-14-19(21(32)34-2)20(31-12-5-13-35-23(31)28-14)15-8-10-16(11-9-15)29-22(33)30-18-7-4-3-6-17(18)24(25,26)27/h3-4,6-11,20H,5,12-13H2,1-2H3,(H2,29,30,33). The summed E-state index contributed by atoms with van der Waals surface area (Å²) in [5.74, 6) is 0.481. The molecular weight excluding hydrogens is 481 g/mol. The van der Waals surface area contributed by atoms with Crippen LogP contribution < -0.4 is 10.6 Å². The maximum atomic E-state index is 13.2. The summed E-state index contributed by atoms with van der Waals surface area (Å²) < 4.78 is 44.6. The van der Waals surface area contributed by atoms with Crippen molar-refractivity contribution < 1.29 is 27.5 Å². The first-order valence-corrected chi connectivity index (χ1v) is 11.8. The molecule has 0 bridgehead atoms. The van der Waals surface area contributed by atoms with E-state index in [-0.39, 0.29) is 5.69 Å². The van der Waals surface area contributed by atoms with Gasteiger partial charge in [-0.3, -0.25) is 0 Å². The number of halogens is 3. The monoisotopic (exact) mass is 504 g/mol. The molecule has 7 nitrogen and oxygen atoms in total. The van der Waals surface area contributed by atoms with Crippen LogP contribution in [0.5, 0.6) is 0 Å². The molecule has 0 radical (unpaired) electrons. The topological polar surface area (TPSA) is 83.0 Å². The zero-order valence-electron chi connectivity index (χ0n) is 19.0. The summed E-state index contributed by atoms with van der Waals surface area (Å²) >= 11 is 1.63. The number of nitrogens with one attached hydrogen (secondary N) is 2. The number of nitrogens with zero attached hydrogens (tertiary/aromatic N) is 2. The van der Waals surface area contributed by atoms with Crippen molar-refractivity contribution in [1.82, 2.24) is 4.90 Å².